The van der Waals surface area contributed by atoms with Gasteiger partial charge in [-0.2, -0.15) is 0 Å². The largest absolute Gasteiger partial charge is 0.509 e. The molecule has 0 aromatic heterocycles. The number of carbonyl (C=O) groups excluding carboxylic acids is 1. The van der Waals surface area contributed by atoms with Crippen LogP contribution in [0.25, 0.3) is 0 Å². The maximum absolute atomic E-state index is 11.1. The molecule has 0 heterocycles. The van der Waals surface area contributed by atoms with Crippen LogP contribution < -0.4 is 0 Å². The molecule has 3 heteroatoms. The third-order valence-electron chi connectivity index (χ3n) is 2.25. The smallest absolute Gasteiger partial charge is 0.431 e. The minimum atomic E-state index is -0.584. The summed E-state index contributed by atoms with van der Waals surface area (Å²) in [4.78, 5) is 11.1. The zero-order chi connectivity index (χ0) is 10.2. The van der Waals surface area contributed by atoms with Crippen LogP contribution in [0.1, 0.15) is 39.0 Å². The molecule has 78 valence electrons. The third-order valence-corrected chi connectivity index (χ3v) is 2.25. The van der Waals surface area contributed by atoms with Gasteiger partial charge in [-0.25, -0.2) is 4.79 Å². The summed E-state index contributed by atoms with van der Waals surface area (Å²) in [6.07, 6.45) is 4.95. The molecule has 0 amide bonds. The predicted octanol–water partition coefficient (Wildman–Crippen LogP) is 2.50. The average Bonchev–Trinajstić information content (AvgIpc) is 2.20. The molecule has 3 nitrogen and oxygen atoms in total. The molecule has 0 bridgehead atoms. The fourth-order valence-corrected chi connectivity index (χ4v) is 1.52. The van der Waals surface area contributed by atoms with E-state index in [2.05, 4.69) is 11.8 Å². The molecule has 1 saturated carbocycles. The molecule has 0 unspecified atom stereocenters. The van der Waals surface area contributed by atoms with Gasteiger partial charge in [-0.05, 0) is 32.6 Å². The van der Waals surface area contributed by atoms with Crippen LogP contribution in [-0.4, -0.2) is 18.9 Å². The molecule has 0 spiro atoms. The summed E-state index contributed by atoms with van der Waals surface area (Å²) in [5.41, 5.74) is 0. The van der Waals surface area contributed by atoms with Crippen molar-refractivity contribution in [1.29, 1.82) is 0 Å². The fraction of sp³-hybridized carbons (Fsp3) is 0.727. The van der Waals surface area contributed by atoms with Crippen LogP contribution in [0, 0.1) is 11.8 Å². The molecule has 14 heavy (non-hydrogen) atoms. The maximum atomic E-state index is 11.1. The van der Waals surface area contributed by atoms with Crippen molar-refractivity contribution in [3.8, 4) is 11.8 Å². The number of ether oxygens (including phenoxy) is 2. The molecule has 0 aliphatic heterocycles. The van der Waals surface area contributed by atoms with Crippen molar-refractivity contribution >= 4 is 6.16 Å². The molecule has 0 N–H and O–H groups in total. The highest BCUT2D eigenvalue weighted by Crippen LogP contribution is 2.20. The van der Waals surface area contributed by atoms with Gasteiger partial charge in [0, 0.05) is 0 Å². The molecule has 1 aliphatic rings. The molecule has 0 atom stereocenters. The first-order chi connectivity index (χ1) is 6.83. The van der Waals surface area contributed by atoms with Crippen LogP contribution in [0.15, 0.2) is 0 Å². The van der Waals surface area contributed by atoms with E-state index >= 15 is 0 Å². The number of hydrogen-bond acceptors (Lipinski definition) is 3. The average molecular weight is 196 g/mol. The zero-order valence-corrected chi connectivity index (χ0v) is 8.54. The standard InChI is InChI=1S/C11H16O3/c1-2-3-9-13-11(12)14-10-7-5-4-6-8-10/h10H,4-9H2,1H3. The van der Waals surface area contributed by atoms with Gasteiger partial charge >= 0.3 is 6.16 Å². The van der Waals surface area contributed by atoms with Gasteiger partial charge in [-0.15, -0.1) is 5.92 Å². The Balaban J connectivity index is 2.14. The Hall–Kier alpha value is -1.17. The lowest BCUT2D eigenvalue weighted by molar-refractivity contribution is 0.0175. The van der Waals surface area contributed by atoms with Crippen LogP contribution in [0.5, 0.6) is 0 Å². The van der Waals surface area contributed by atoms with Crippen molar-refractivity contribution in [2.75, 3.05) is 6.61 Å². The first kappa shape index (κ1) is 10.9. The van der Waals surface area contributed by atoms with E-state index in [9.17, 15) is 4.79 Å². The van der Waals surface area contributed by atoms with E-state index in [-0.39, 0.29) is 12.7 Å². The van der Waals surface area contributed by atoms with Gasteiger partial charge in [-0.3, -0.25) is 0 Å². The minimum Gasteiger partial charge on any atom is -0.431 e. The number of carbonyl (C=O) groups is 1. The summed E-state index contributed by atoms with van der Waals surface area (Å²) in [6, 6.07) is 0. The molecule has 1 fully saturated rings. The van der Waals surface area contributed by atoms with Crippen molar-refractivity contribution < 1.29 is 14.3 Å². The summed E-state index contributed by atoms with van der Waals surface area (Å²) < 4.78 is 9.86. The van der Waals surface area contributed by atoms with Crippen molar-refractivity contribution in [3.63, 3.8) is 0 Å². The van der Waals surface area contributed by atoms with Crippen molar-refractivity contribution in [1.82, 2.24) is 0 Å². The predicted molar refractivity (Wildman–Crippen MR) is 52.8 cm³/mol. The Morgan fingerprint density at radius 2 is 2.07 bits per heavy atom. The Kier molecular flexibility index (Phi) is 4.92. The Labute approximate surface area is 84.8 Å². The lowest BCUT2D eigenvalue weighted by Crippen LogP contribution is -2.21. The highest BCUT2D eigenvalue weighted by atomic mass is 16.7. The Morgan fingerprint density at radius 1 is 1.36 bits per heavy atom. The molecule has 0 radical (unpaired) electrons. The van der Waals surface area contributed by atoms with Gasteiger partial charge in [0.05, 0.1) is 0 Å². The van der Waals surface area contributed by atoms with Crippen molar-refractivity contribution in [2.45, 2.75) is 45.1 Å². The van der Waals surface area contributed by atoms with E-state index in [4.69, 9.17) is 9.47 Å². The first-order valence-corrected chi connectivity index (χ1v) is 5.06. The lowest BCUT2D eigenvalue weighted by Gasteiger charge is -2.20. The second-order valence-corrected chi connectivity index (χ2v) is 3.34. The van der Waals surface area contributed by atoms with Gasteiger partial charge in [0.1, 0.15) is 6.10 Å². The third kappa shape index (κ3) is 4.18. The summed E-state index contributed by atoms with van der Waals surface area (Å²) in [6.45, 7) is 1.83. The van der Waals surface area contributed by atoms with Crippen LogP contribution in [0.4, 0.5) is 4.79 Å². The van der Waals surface area contributed by atoms with Crippen molar-refractivity contribution in [2.24, 2.45) is 0 Å². The summed E-state index contributed by atoms with van der Waals surface area (Å²) in [5.74, 6) is 5.29. The zero-order valence-electron chi connectivity index (χ0n) is 8.54. The molecule has 0 saturated heterocycles. The van der Waals surface area contributed by atoms with Gasteiger partial charge < -0.3 is 9.47 Å². The highest BCUT2D eigenvalue weighted by Gasteiger charge is 2.17. The quantitative estimate of drug-likeness (QED) is 0.503. The van der Waals surface area contributed by atoms with E-state index in [1.165, 1.54) is 6.42 Å². The van der Waals surface area contributed by atoms with E-state index in [0.29, 0.717) is 0 Å². The number of hydrogen-bond donors (Lipinski definition) is 0. The molecular formula is C11H16O3. The highest BCUT2D eigenvalue weighted by molar-refractivity contribution is 5.60. The van der Waals surface area contributed by atoms with Gasteiger partial charge in [0.2, 0.25) is 0 Å². The molecule has 0 aromatic rings. The fourth-order valence-electron chi connectivity index (χ4n) is 1.52. The van der Waals surface area contributed by atoms with Gasteiger partial charge in [0.25, 0.3) is 0 Å². The summed E-state index contributed by atoms with van der Waals surface area (Å²) in [7, 11) is 0. The lowest BCUT2D eigenvalue weighted by atomic mass is 9.98. The molecular weight excluding hydrogens is 180 g/mol. The first-order valence-electron chi connectivity index (χ1n) is 5.06. The topological polar surface area (TPSA) is 35.5 Å². The van der Waals surface area contributed by atoms with E-state index < -0.39 is 6.16 Å². The van der Waals surface area contributed by atoms with Crippen LogP contribution >= 0.6 is 0 Å². The monoisotopic (exact) mass is 196 g/mol. The van der Waals surface area contributed by atoms with Gasteiger partial charge in [-0.1, -0.05) is 12.3 Å². The SMILES string of the molecule is CC#CCOC(=O)OC1CCCCC1. The van der Waals surface area contributed by atoms with Crippen LogP contribution in [0.2, 0.25) is 0 Å². The van der Waals surface area contributed by atoms with Crippen LogP contribution in [-0.2, 0) is 9.47 Å². The van der Waals surface area contributed by atoms with Crippen LogP contribution in [0.3, 0.4) is 0 Å². The molecule has 0 aromatic carbocycles. The molecule has 1 aliphatic carbocycles. The molecule has 1 rings (SSSR count). The van der Waals surface area contributed by atoms with Crippen molar-refractivity contribution in [3.05, 3.63) is 0 Å². The Bertz CT molecular complexity index is 231. The summed E-state index contributed by atoms with van der Waals surface area (Å²) in [5, 5.41) is 0. The van der Waals surface area contributed by atoms with E-state index in [0.717, 1.165) is 25.7 Å². The second kappa shape index (κ2) is 6.31. The minimum absolute atomic E-state index is 0.0610. The number of rotatable bonds is 2. The summed E-state index contributed by atoms with van der Waals surface area (Å²) >= 11 is 0. The Morgan fingerprint density at radius 3 is 2.71 bits per heavy atom. The van der Waals surface area contributed by atoms with Gasteiger partial charge in [0.15, 0.2) is 6.61 Å². The normalized spacial score (nSPS) is 16.6. The second-order valence-electron chi connectivity index (χ2n) is 3.34. The van der Waals surface area contributed by atoms with E-state index in [1.807, 2.05) is 0 Å². The van der Waals surface area contributed by atoms with E-state index in [1.54, 1.807) is 6.92 Å². The maximum Gasteiger partial charge on any atom is 0.509 e.